The number of nitrogens with one attached hydrogen (secondary N) is 2. The third-order valence-electron chi connectivity index (χ3n) is 2.91. The Balaban J connectivity index is 2.04. The van der Waals surface area contributed by atoms with Gasteiger partial charge in [0.25, 0.3) is 5.91 Å². The molecule has 1 amide bonds. The van der Waals surface area contributed by atoms with Gasteiger partial charge in [-0.15, -0.1) is 0 Å². The van der Waals surface area contributed by atoms with Crippen LogP contribution in [0.1, 0.15) is 29.4 Å². The molecule has 0 unspecified atom stereocenters. The Labute approximate surface area is 129 Å². The minimum Gasteiger partial charge on any atom is -0.370 e. The Morgan fingerprint density at radius 2 is 1.95 bits per heavy atom. The Bertz CT molecular complexity index is 602. The van der Waals surface area contributed by atoms with Crippen LogP contribution in [0.3, 0.4) is 0 Å². The van der Waals surface area contributed by atoms with Crippen molar-refractivity contribution in [2.75, 3.05) is 11.9 Å². The van der Waals surface area contributed by atoms with Crippen LogP contribution in [0, 0.1) is 0 Å². The number of aromatic nitrogens is 1. The maximum atomic E-state index is 12.2. The van der Waals surface area contributed by atoms with E-state index in [1.165, 1.54) is 0 Å². The second-order valence-electron chi connectivity index (χ2n) is 4.62. The van der Waals surface area contributed by atoms with Gasteiger partial charge in [0.15, 0.2) is 0 Å². The zero-order valence-corrected chi connectivity index (χ0v) is 12.7. The minimum atomic E-state index is -0.274. The van der Waals surface area contributed by atoms with Gasteiger partial charge in [-0.2, -0.15) is 0 Å². The highest BCUT2D eigenvalue weighted by atomic mass is 35.5. The number of carbonyl (C=O) groups excluding carboxylic acids is 1. The second kappa shape index (κ2) is 7.64. The minimum absolute atomic E-state index is 0.244. The fourth-order valence-corrected chi connectivity index (χ4v) is 2.01. The fourth-order valence-electron chi connectivity index (χ4n) is 1.81. The Kier molecular flexibility index (Phi) is 5.58. The molecular weight excluding hydrogens is 286 g/mol. The van der Waals surface area contributed by atoms with Crippen LogP contribution in [0.15, 0.2) is 42.5 Å². The van der Waals surface area contributed by atoms with Crippen molar-refractivity contribution >= 4 is 23.3 Å². The normalized spacial score (nSPS) is 10.2. The molecule has 2 rings (SSSR count). The molecule has 0 bridgehead atoms. The maximum absolute atomic E-state index is 12.2. The fraction of sp³-hybridized carbons (Fsp3) is 0.250. The number of pyridine rings is 1. The van der Waals surface area contributed by atoms with Crippen molar-refractivity contribution in [1.29, 1.82) is 0 Å². The summed E-state index contributed by atoms with van der Waals surface area (Å²) in [4.78, 5) is 16.4. The smallest absolute Gasteiger partial charge is 0.271 e. The highest BCUT2D eigenvalue weighted by Crippen LogP contribution is 2.16. The molecule has 4 nitrogen and oxygen atoms in total. The van der Waals surface area contributed by atoms with Crippen molar-refractivity contribution in [3.63, 3.8) is 0 Å². The topological polar surface area (TPSA) is 54.0 Å². The molecule has 2 aromatic rings. The molecule has 0 saturated carbocycles. The van der Waals surface area contributed by atoms with Gasteiger partial charge in [-0.1, -0.05) is 48.9 Å². The van der Waals surface area contributed by atoms with E-state index in [0.29, 0.717) is 17.4 Å². The lowest BCUT2D eigenvalue weighted by atomic mass is 10.2. The van der Waals surface area contributed by atoms with Gasteiger partial charge >= 0.3 is 0 Å². The van der Waals surface area contributed by atoms with Gasteiger partial charge in [0.2, 0.25) is 0 Å². The zero-order chi connectivity index (χ0) is 15.1. The largest absolute Gasteiger partial charge is 0.370 e. The molecule has 0 aliphatic carbocycles. The number of benzene rings is 1. The average Bonchev–Trinajstić information content (AvgIpc) is 2.53. The van der Waals surface area contributed by atoms with E-state index >= 15 is 0 Å². The molecule has 1 aromatic heterocycles. The summed E-state index contributed by atoms with van der Waals surface area (Å²) in [7, 11) is 0. The van der Waals surface area contributed by atoms with Crippen LogP contribution in [0.5, 0.6) is 0 Å². The predicted octanol–water partition coefficient (Wildman–Crippen LogP) is 3.49. The summed E-state index contributed by atoms with van der Waals surface area (Å²) >= 11 is 6.06. The lowest BCUT2D eigenvalue weighted by Crippen LogP contribution is -2.24. The van der Waals surface area contributed by atoms with E-state index in [9.17, 15) is 4.79 Å². The molecule has 21 heavy (non-hydrogen) atoms. The highest BCUT2D eigenvalue weighted by Gasteiger charge is 2.12. The van der Waals surface area contributed by atoms with Crippen LogP contribution in [-0.2, 0) is 6.54 Å². The first-order valence-corrected chi connectivity index (χ1v) is 7.31. The summed E-state index contributed by atoms with van der Waals surface area (Å²) in [6, 6.07) is 13.2. The summed E-state index contributed by atoms with van der Waals surface area (Å²) in [6.45, 7) is 3.32. The van der Waals surface area contributed by atoms with Gasteiger partial charge in [-0.05, 0) is 24.1 Å². The highest BCUT2D eigenvalue weighted by molar-refractivity contribution is 6.33. The van der Waals surface area contributed by atoms with E-state index in [4.69, 9.17) is 11.6 Å². The first-order valence-electron chi connectivity index (χ1n) is 6.93. The average molecular weight is 304 g/mol. The van der Waals surface area contributed by atoms with Crippen LogP contribution in [-0.4, -0.2) is 17.4 Å². The number of halogens is 1. The first-order chi connectivity index (χ1) is 10.2. The molecule has 0 aliphatic heterocycles. The number of anilines is 1. The number of hydrogen-bond acceptors (Lipinski definition) is 3. The molecule has 1 aromatic carbocycles. The molecule has 0 spiro atoms. The molecule has 0 aliphatic rings. The van der Waals surface area contributed by atoms with Crippen molar-refractivity contribution in [3.8, 4) is 0 Å². The number of rotatable bonds is 6. The Hall–Kier alpha value is -2.07. The van der Waals surface area contributed by atoms with Crippen LogP contribution >= 0.6 is 11.6 Å². The van der Waals surface area contributed by atoms with E-state index in [-0.39, 0.29) is 11.6 Å². The van der Waals surface area contributed by atoms with Crippen LogP contribution in [0.25, 0.3) is 0 Å². The van der Waals surface area contributed by atoms with Gasteiger partial charge < -0.3 is 10.6 Å². The maximum Gasteiger partial charge on any atom is 0.271 e. The molecule has 110 valence electrons. The first kappa shape index (κ1) is 15.3. The van der Waals surface area contributed by atoms with Crippen molar-refractivity contribution in [1.82, 2.24) is 10.3 Å². The quantitative estimate of drug-likeness (QED) is 0.859. The molecule has 1 heterocycles. The zero-order valence-electron chi connectivity index (χ0n) is 11.9. The van der Waals surface area contributed by atoms with Crippen LogP contribution < -0.4 is 10.6 Å². The number of nitrogens with zero attached hydrogens (tertiary/aromatic N) is 1. The second-order valence-corrected chi connectivity index (χ2v) is 5.03. The summed E-state index contributed by atoms with van der Waals surface area (Å²) in [5.74, 6) is 0.384. The lowest BCUT2D eigenvalue weighted by molar-refractivity contribution is 0.0946. The molecule has 0 atom stereocenters. The van der Waals surface area contributed by atoms with Crippen molar-refractivity contribution in [2.45, 2.75) is 19.9 Å². The molecule has 0 fully saturated rings. The molecule has 2 N–H and O–H groups in total. The van der Waals surface area contributed by atoms with Crippen molar-refractivity contribution in [2.24, 2.45) is 0 Å². The van der Waals surface area contributed by atoms with E-state index in [2.05, 4.69) is 22.5 Å². The number of amides is 1. The van der Waals surface area contributed by atoms with Gasteiger partial charge in [0, 0.05) is 13.1 Å². The standard InChI is InChI=1S/C16H18ClN3O/c1-2-10-18-14-9-8-13(17)15(20-14)16(21)19-11-12-6-4-3-5-7-12/h3-9H,2,10-11H2,1H3,(H,18,20)(H,19,21). The van der Waals surface area contributed by atoms with E-state index in [1.807, 2.05) is 30.3 Å². The molecular formula is C16H18ClN3O. The van der Waals surface area contributed by atoms with E-state index in [0.717, 1.165) is 18.5 Å². The number of carbonyl (C=O) groups is 1. The molecule has 0 radical (unpaired) electrons. The van der Waals surface area contributed by atoms with E-state index in [1.54, 1.807) is 12.1 Å². The van der Waals surface area contributed by atoms with Gasteiger partial charge in [-0.3, -0.25) is 4.79 Å². The summed E-state index contributed by atoms with van der Waals surface area (Å²) in [6.07, 6.45) is 0.986. The summed E-state index contributed by atoms with van der Waals surface area (Å²) in [5.41, 5.74) is 1.27. The van der Waals surface area contributed by atoms with Gasteiger partial charge in [0.05, 0.1) is 5.02 Å². The third kappa shape index (κ3) is 4.46. The predicted molar refractivity (Wildman–Crippen MR) is 85.6 cm³/mol. The van der Waals surface area contributed by atoms with E-state index < -0.39 is 0 Å². The Morgan fingerprint density at radius 3 is 2.67 bits per heavy atom. The summed E-state index contributed by atoms with van der Waals surface area (Å²) in [5, 5.41) is 6.32. The summed E-state index contributed by atoms with van der Waals surface area (Å²) < 4.78 is 0. The monoisotopic (exact) mass is 303 g/mol. The Morgan fingerprint density at radius 1 is 1.19 bits per heavy atom. The lowest BCUT2D eigenvalue weighted by Gasteiger charge is -2.09. The van der Waals surface area contributed by atoms with Crippen LogP contribution in [0.4, 0.5) is 5.82 Å². The third-order valence-corrected chi connectivity index (χ3v) is 3.22. The van der Waals surface area contributed by atoms with Gasteiger partial charge in [-0.25, -0.2) is 4.98 Å². The van der Waals surface area contributed by atoms with Crippen LogP contribution in [0.2, 0.25) is 5.02 Å². The van der Waals surface area contributed by atoms with Crippen molar-refractivity contribution in [3.05, 3.63) is 58.7 Å². The van der Waals surface area contributed by atoms with Crippen molar-refractivity contribution < 1.29 is 4.79 Å². The van der Waals surface area contributed by atoms with Gasteiger partial charge in [0.1, 0.15) is 11.5 Å². The SMILES string of the molecule is CCCNc1ccc(Cl)c(C(=O)NCc2ccccc2)n1. The number of hydrogen-bond donors (Lipinski definition) is 2. The molecule has 0 saturated heterocycles. The molecule has 5 heteroatoms.